The van der Waals surface area contributed by atoms with Crippen LogP contribution >= 0.6 is 0 Å². The van der Waals surface area contributed by atoms with Gasteiger partial charge in [-0.25, -0.2) is 4.39 Å². The van der Waals surface area contributed by atoms with E-state index in [9.17, 15) is 14.0 Å². The summed E-state index contributed by atoms with van der Waals surface area (Å²) >= 11 is 0. The highest BCUT2D eigenvalue weighted by atomic mass is 19.1. The van der Waals surface area contributed by atoms with Crippen molar-refractivity contribution in [1.29, 1.82) is 0 Å². The monoisotopic (exact) mass is 330 g/mol. The van der Waals surface area contributed by atoms with Gasteiger partial charge in [0.1, 0.15) is 12.1 Å². The van der Waals surface area contributed by atoms with Crippen LogP contribution in [0.1, 0.15) is 22.3 Å². The normalized spacial score (nSPS) is 14.7. The van der Waals surface area contributed by atoms with Crippen LogP contribution in [-0.2, 0) is 11.2 Å². The van der Waals surface area contributed by atoms with Crippen molar-refractivity contribution >= 4 is 11.8 Å². The molecule has 0 saturated carbocycles. The molecule has 1 fully saturated rings. The molecule has 0 radical (unpaired) electrons. The number of hydrogen-bond donors (Lipinski definition) is 0. The highest BCUT2D eigenvalue weighted by Crippen LogP contribution is 2.12. The van der Waals surface area contributed by atoms with Crippen molar-refractivity contribution in [3.8, 4) is 0 Å². The fraction of sp³-hybridized carbons (Fsp3) is 0.333. The van der Waals surface area contributed by atoms with Gasteiger partial charge in [-0.2, -0.15) is 0 Å². The number of carbonyl (C=O) groups is 2. The summed E-state index contributed by atoms with van der Waals surface area (Å²) in [6.45, 7) is 2.06. The molecular formula is C18H19FN2O3. The Balaban J connectivity index is 1.47. The summed E-state index contributed by atoms with van der Waals surface area (Å²) in [5.41, 5.74) is 1.35. The zero-order valence-electron chi connectivity index (χ0n) is 13.3. The van der Waals surface area contributed by atoms with Gasteiger partial charge in [-0.1, -0.05) is 12.1 Å². The molecule has 1 aromatic heterocycles. The van der Waals surface area contributed by atoms with Crippen molar-refractivity contribution in [1.82, 2.24) is 9.80 Å². The third-order valence-electron chi connectivity index (χ3n) is 4.20. The van der Waals surface area contributed by atoms with Gasteiger partial charge in [-0.3, -0.25) is 9.59 Å². The third kappa shape index (κ3) is 3.82. The van der Waals surface area contributed by atoms with Crippen molar-refractivity contribution < 1.29 is 18.4 Å². The Bertz CT molecular complexity index is 707. The second-order valence-corrected chi connectivity index (χ2v) is 5.81. The molecule has 1 aromatic carbocycles. The maximum absolute atomic E-state index is 13.1. The van der Waals surface area contributed by atoms with Gasteiger partial charge in [0.2, 0.25) is 5.91 Å². The lowest BCUT2D eigenvalue weighted by Gasteiger charge is -2.34. The van der Waals surface area contributed by atoms with E-state index in [1.54, 1.807) is 21.9 Å². The average molecular weight is 330 g/mol. The Kier molecular flexibility index (Phi) is 4.93. The summed E-state index contributed by atoms with van der Waals surface area (Å²) < 4.78 is 18.1. The summed E-state index contributed by atoms with van der Waals surface area (Å²) in [5.74, 6) is -0.323. The maximum atomic E-state index is 13.1. The number of halogens is 1. The first-order valence-electron chi connectivity index (χ1n) is 7.97. The van der Waals surface area contributed by atoms with E-state index in [0.717, 1.165) is 5.56 Å². The lowest BCUT2D eigenvalue weighted by atomic mass is 10.1. The molecule has 24 heavy (non-hydrogen) atoms. The predicted octanol–water partition coefficient (Wildman–Crippen LogP) is 2.34. The van der Waals surface area contributed by atoms with E-state index in [2.05, 4.69) is 0 Å². The first-order valence-corrected chi connectivity index (χ1v) is 7.97. The quantitative estimate of drug-likeness (QED) is 0.865. The highest BCUT2D eigenvalue weighted by Gasteiger charge is 2.25. The summed E-state index contributed by atoms with van der Waals surface area (Å²) in [6.07, 6.45) is 3.77. The summed E-state index contributed by atoms with van der Waals surface area (Å²) in [4.78, 5) is 28.0. The Morgan fingerprint density at radius 3 is 2.50 bits per heavy atom. The summed E-state index contributed by atoms with van der Waals surface area (Å²) in [7, 11) is 0. The predicted molar refractivity (Wildman–Crippen MR) is 85.9 cm³/mol. The van der Waals surface area contributed by atoms with E-state index < -0.39 is 0 Å². The lowest BCUT2D eigenvalue weighted by molar-refractivity contribution is -0.132. The summed E-state index contributed by atoms with van der Waals surface area (Å²) in [6, 6.07) is 7.95. The molecule has 0 bridgehead atoms. The van der Waals surface area contributed by atoms with Crippen LogP contribution in [0.4, 0.5) is 4.39 Å². The molecule has 3 rings (SSSR count). The molecule has 0 unspecified atom stereocenters. The molecule has 2 heterocycles. The van der Waals surface area contributed by atoms with Crippen molar-refractivity contribution in [3.05, 3.63) is 59.8 Å². The van der Waals surface area contributed by atoms with Gasteiger partial charge in [0, 0.05) is 32.6 Å². The van der Waals surface area contributed by atoms with E-state index >= 15 is 0 Å². The van der Waals surface area contributed by atoms with E-state index in [4.69, 9.17) is 4.42 Å². The smallest absolute Gasteiger partial charge is 0.257 e. The summed E-state index contributed by atoms with van der Waals surface area (Å²) in [5, 5.41) is 0. The number of nitrogens with zero attached hydrogens (tertiary/aromatic N) is 2. The number of aryl methyl sites for hydroxylation is 1. The molecule has 0 aliphatic carbocycles. The maximum Gasteiger partial charge on any atom is 0.257 e. The number of piperazine rings is 1. The minimum atomic E-state index is -0.286. The number of furan rings is 1. The van der Waals surface area contributed by atoms with E-state index in [1.165, 1.54) is 24.7 Å². The van der Waals surface area contributed by atoms with Crippen LogP contribution < -0.4 is 0 Å². The molecule has 1 aliphatic heterocycles. The number of carbonyl (C=O) groups excluding carboxylic acids is 2. The van der Waals surface area contributed by atoms with Crippen LogP contribution in [-0.4, -0.2) is 47.8 Å². The molecule has 0 spiro atoms. The number of amides is 2. The van der Waals surface area contributed by atoms with Crippen molar-refractivity contribution in [2.24, 2.45) is 0 Å². The topological polar surface area (TPSA) is 53.8 Å². The van der Waals surface area contributed by atoms with Gasteiger partial charge in [-0.05, 0) is 30.2 Å². The third-order valence-corrected chi connectivity index (χ3v) is 4.20. The number of benzene rings is 1. The number of rotatable bonds is 4. The van der Waals surface area contributed by atoms with E-state index in [0.29, 0.717) is 44.6 Å². The van der Waals surface area contributed by atoms with Gasteiger partial charge < -0.3 is 14.2 Å². The first-order chi connectivity index (χ1) is 11.6. The van der Waals surface area contributed by atoms with Gasteiger partial charge in [0.15, 0.2) is 0 Å². The Morgan fingerprint density at radius 1 is 1.08 bits per heavy atom. The van der Waals surface area contributed by atoms with Gasteiger partial charge in [-0.15, -0.1) is 0 Å². The molecule has 2 aromatic rings. The van der Waals surface area contributed by atoms with Crippen molar-refractivity contribution in [2.75, 3.05) is 26.2 Å². The van der Waals surface area contributed by atoms with Crippen molar-refractivity contribution in [3.63, 3.8) is 0 Å². The van der Waals surface area contributed by atoms with Crippen molar-refractivity contribution in [2.45, 2.75) is 12.8 Å². The van der Waals surface area contributed by atoms with Gasteiger partial charge in [0.25, 0.3) is 5.91 Å². The largest absolute Gasteiger partial charge is 0.472 e. The second-order valence-electron chi connectivity index (χ2n) is 5.81. The molecule has 1 saturated heterocycles. The van der Waals surface area contributed by atoms with E-state index in [1.807, 2.05) is 6.07 Å². The van der Waals surface area contributed by atoms with Crippen LogP contribution in [0.5, 0.6) is 0 Å². The number of hydrogen-bond acceptors (Lipinski definition) is 3. The second kappa shape index (κ2) is 7.29. The van der Waals surface area contributed by atoms with E-state index in [-0.39, 0.29) is 17.6 Å². The molecule has 0 atom stereocenters. The fourth-order valence-electron chi connectivity index (χ4n) is 2.83. The minimum absolute atomic E-state index is 0.0367. The molecule has 0 N–H and O–H groups in total. The highest BCUT2D eigenvalue weighted by molar-refractivity contribution is 5.94. The van der Waals surface area contributed by atoms with Crippen LogP contribution in [0, 0.1) is 5.82 Å². The Hall–Kier alpha value is -2.63. The van der Waals surface area contributed by atoms with Crippen LogP contribution in [0.15, 0.2) is 47.3 Å². The first kappa shape index (κ1) is 16.2. The van der Waals surface area contributed by atoms with Gasteiger partial charge in [0.05, 0.1) is 11.8 Å². The molecule has 1 aliphatic rings. The average Bonchev–Trinajstić information content (AvgIpc) is 3.14. The SMILES string of the molecule is O=C(CCc1cccc(F)c1)N1CCN(C(=O)c2ccoc2)CC1. The Labute approximate surface area is 139 Å². The molecule has 6 heteroatoms. The molecular weight excluding hydrogens is 311 g/mol. The Morgan fingerprint density at radius 2 is 1.83 bits per heavy atom. The lowest BCUT2D eigenvalue weighted by Crippen LogP contribution is -2.50. The van der Waals surface area contributed by atoms with Gasteiger partial charge >= 0.3 is 0 Å². The molecule has 2 amide bonds. The zero-order valence-corrected chi connectivity index (χ0v) is 13.3. The van der Waals surface area contributed by atoms with Crippen LogP contribution in [0.25, 0.3) is 0 Å². The molecule has 5 nitrogen and oxygen atoms in total. The molecule has 126 valence electrons. The fourth-order valence-corrected chi connectivity index (χ4v) is 2.83. The zero-order chi connectivity index (χ0) is 16.9. The minimum Gasteiger partial charge on any atom is -0.472 e. The standard InChI is InChI=1S/C18H19FN2O3/c19-16-3-1-2-14(12-16)4-5-17(22)20-7-9-21(10-8-20)18(23)15-6-11-24-13-15/h1-3,6,11-13H,4-5,7-10H2. The van der Waals surface area contributed by atoms with Crippen LogP contribution in [0.2, 0.25) is 0 Å². The van der Waals surface area contributed by atoms with Crippen LogP contribution in [0.3, 0.4) is 0 Å².